The molecule has 0 saturated heterocycles. The Morgan fingerprint density at radius 2 is 1.08 bits per heavy atom. The molecule has 0 unspecified atom stereocenters. The van der Waals surface area contributed by atoms with E-state index in [9.17, 15) is 4.79 Å². The Balaban J connectivity index is 2.39. The molecular formula is C23H22O2P+. The highest BCUT2D eigenvalue weighted by atomic mass is 31.2. The van der Waals surface area contributed by atoms with E-state index in [4.69, 9.17) is 4.74 Å². The number of carbonyl (C=O) groups excluding carboxylic acids is 1. The number of ether oxygens (including phenoxy) is 1. The second kappa shape index (κ2) is 8.12. The van der Waals surface area contributed by atoms with E-state index in [0.717, 1.165) is 5.31 Å². The fourth-order valence-electron chi connectivity index (χ4n) is 3.34. The number of allylic oxidation sites excluding steroid dienone is 1. The van der Waals surface area contributed by atoms with Gasteiger partial charge < -0.3 is 4.74 Å². The van der Waals surface area contributed by atoms with Crippen LogP contribution in [0.25, 0.3) is 0 Å². The Bertz CT molecular complexity index is 791. The van der Waals surface area contributed by atoms with Crippen LogP contribution in [-0.4, -0.2) is 13.1 Å². The van der Waals surface area contributed by atoms with Crippen LogP contribution in [0.5, 0.6) is 0 Å². The van der Waals surface area contributed by atoms with E-state index in [0.29, 0.717) is 0 Å². The molecular weight excluding hydrogens is 339 g/mol. The second-order valence-electron chi connectivity index (χ2n) is 5.99. The maximum atomic E-state index is 12.1. The summed E-state index contributed by atoms with van der Waals surface area (Å²) in [4.78, 5) is 12.1. The van der Waals surface area contributed by atoms with Crippen LogP contribution in [0.4, 0.5) is 0 Å². The molecule has 0 aliphatic rings. The molecule has 3 aromatic carbocycles. The Morgan fingerprint density at radius 3 is 1.38 bits per heavy atom. The summed E-state index contributed by atoms with van der Waals surface area (Å²) in [5, 5.41) is 4.67. The summed E-state index contributed by atoms with van der Waals surface area (Å²) < 4.78 is 4.93. The van der Waals surface area contributed by atoms with Gasteiger partial charge >= 0.3 is 5.97 Å². The van der Waals surface area contributed by atoms with E-state index in [-0.39, 0.29) is 5.97 Å². The third-order valence-corrected chi connectivity index (χ3v) is 8.89. The van der Waals surface area contributed by atoms with Gasteiger partial charge in [-0.2, -0.15) is 0 Å². The molecule has 0 aliphatic heterocycles. The fraction of sp³-hybridized carbons (Fsp3) is 0.0870. The van der Waals surface area contributed by atoms with Crippen LogP contribution >= 0.6 is 7.26 Å². The maximum Gasteiger partial charge on any atom is 0.334 e. The van der Waals surface area contributed by atoms with Crippen LogP contribution in [0.2, 0.25) is 0 Å². The molecule has 0 bridgehead atoms. The minimum absolute atomic E-state index is 0.324. The average Bonchev–Trinajstić information content (AvgIpc) is 2.71. The molecule has 0 radical (unpaired) electrons. The van der Waals surface area contributed by atoms with E-state index in [1.165, 1.54) is 23.0 Å². The van der Waals surface area contributed by atoms with Crippen molar-refractivity contribution in [3.63, 3.8) is 0 Å². The van der Waals surface area contributed by atoms with Gasteiger partial charge in [0.15, 0.2) is 0 Å². The van der Waals surface area contributed by atoms with Crippen LogP contribution in [0, 0.1) is 0 Å². The van der Waals surface area contributed by atoms with Gasteiger partial charge in [-0.25, -0.2) is 4.79 Å². The first-order valence-corrected chi connectivity index (χ1v) is 10.3. The number of hydrogen-bond donors (Lipinski definition) is 0. The Morgan fingerprint density at radius 1 is 0.731 bits per heavy atom. The van der Waals surface area contributed by atoms with Crippen molar-refractivity contribution < 1.29 is 9.53 Å². The molecule has 0 amide bonds. The van der Waals surface area contributed by atoms with Crippen molar-refractivity contribution in [1.29, 1.82) is 0 Å². The average molecular weight is 361 g/mol. The van der Waals surface area contributed by atoms with Gasteiger partial charge in [0.2, 0.25) is 0 Å². The summed E-state index contributed by atoms with van der Waals surface area (Å²) >= 11 is 0. The van der Waals surface area contributed by atoms with Crippen LogP contribution in [0.15, 0.2) is 102 Å². The van der Waals surface area contributed by atoms with E-state index >= 15 is 0 Å². The molecule has 2 nitrogen and oxygen atoms in total. The standard InChI is InChI=1S/C23H22O2P/c1-19(18-23(24)25-2)26(20-12-6-3-7-13-20,21-14-8-4-9-15-21)22-16-10-5-11-17-22/h3-18H,1-2H3/q+1/b19-18-. The smallest absolute Gasteiger partial charge is 0.334 e. The fourth-order valence-corrected chi connectivity index (χ4v) is 7.61. The largest absolute Gasteiger partial charge is 0.466 e. The summed E-state index contributed by atoms with van der Waals surface area (Å²) in [6.07, 6.45) is 1.64. The number of carbonyl (C=O) groups is 1. The lowest BCUT2D eigenvalue weighted by atomic mass is 10.3. The molecule has 0 heterocycles. The van der Waals surface area contributed by atoms with Crippen molar-refractivity contribution >= 4 is 29.1 Å². The highest BCUT2D eigenvalue weighted by Gasteiger charge is 2.47. The molecule has 130 valence electrons. The molecule has 0 fully saturated rings. The van der Waals surface area contributed by atoms with E-state index < -0.39 is 7.26 Å². The molecule has 3 heteroatoms. The molecule has 26 heavy (non-hydrogen) atoms. The molecule has 0 saturated carbocycles. The third kappa shape index (κ3) is 3.34. The number of methoxy groups -OCH3 is 1. The van der Waals surface area contributed by atoms with Gasteiger partial charge in [0.25, 0.3) is 0 Å². The summed E-state index contributed by atoms with van der Waals surface area (Å²) in [6.45, 7) is 2.04. The van der Waals surface area contributed by atoms with Gasteiger partial charge in [0.1, 0.15) is 23.2 Å². The Hall–Kier alpha value is -2.70. The van der Waals surface area contributed by atoms with E-state index in [2.05, 4.69) is 72.8 Å². The minimum atomic E-state index is -2.15. The lowest BCUT2D eigenvalue weighted by Gasteiger charge is -2.27. The number of benzene rings is 3. The first kappa shape index (κ1) is 18.1. The molecule has 3 rings (SSSR count). The van der Waals surface area contributed by atoms with Crippen molar-refractivity contribution in [1.82, 2.24) is 0 Å². The highest BCUT2D eigenvalue weighted by Crippen LogP contribution is 2.62. The lowest BCUT2D eigenvalue weighted by Crippen LogP contribution is -2.32. The monoisotopic (exact) mass is 361 g/mol. The van der Waals surface area contributed by atoms with E-state index in [1.807, 2.05) is 25.1 Å². The van der Waals surface area contributed by atoms with Gasteiger partial charge in [-0.05, 0) is 43.3 Å². The Labute approximate surface area is 155 Å². The minimum Gasteiger partial charge on any atom is -0.466 e. The summed E-state index contributed by atoms with van der Waals surface area (Å²) in [6, 6.07) is 31.3. The quantitative estimate of drug-likeness (QED) is 0.389. The zero-order valence-corrected chi connectivity index (χ0v) is 15.9. The first-order chi connectivity index (χ1) is 12.7. The molecule has 0 N–H and O–H groups in total. The first-order valence-electron chi connectivity index (χ1n) is 8.52. The third-order valence-electron chi connectivity index (χ3n) is 4.49. The molecule has 0 spiro atoms. The zero-order valence-electron chi connectivity index (χ0n) is 15.0. The number of esters is 1. The van der Waals surface area contributed by atoms with Gasteiger partial charge in [-0.3, -0.25) is 0 Å². The van der Waals surface area contributed by atoms with Crippen molar-refractivity contribution in [2.75, 3.05) is 7.11 Å². The van der Waals surface area contributed by atoms with Gasteiger partial charge in [-0.15, -0.1) is 0 Å². The summed E-state index contributed by atoms with van der Waals surface area (Å²) in [7, 11) is -0.735. The predicted octanol–water partition coefficient (Wildman–Crippen LogP) is 4.06. The normalized spacial score (nSPS) is 11.8. The molecule has 0 atom stereocenters. The SMILES string of the molecule is COC(=O)/C=C(/C)[P+](c1ccccc1)(c1ccccc1)c1ccccc1. The van der Waals surface area contributed by atoms with Crippen molar-refractivity contribution in [3.05, 3.63) is 102 Å². The van der Waals surface area contributed by atoms with Gasteiger partial charge in [-0.1, -0.05) is 54.6 Å². The zero-order chi connectivity index (χ0) is 18.4. The maximum absolute atomic E-state index is 12.1. The van der Waals surface area contributed by atoms with Crippen molar-refractivity contribution in [2.45, 2.75) is 6.92 Å². The Kier molecular flexibility index (Phi) is 5.65. The van der Waals surface area contributed by atoms with Gasteiger partial charge in [0.05, 0.1) is 18.5 Å². The highest BCUT2D eigenvalue weighted by molar-refractivity contribution is 7.99. The molecule has 0 aromatic heterocycles. The summed E-state index contributed by atoms with van der Waals surface area (Å²) in [5.41, 5.74) is 0. The topological polar surface area (TPSA) is 26.3 Å². The van der Waals surface area contributed by atoms with Crippen molar-refractivity contribution in [2.24, 2.45) is 0 Å². The van der Waals surface area contributed by atoms with Gasteiger partial charge in [0, 0.05) is 0 Å². The van der Waals surface area contributed by atoms with Crippen LogP contribution < -0.4 is 15.9 Å². The van der Waals surface area contributed by atoms with E-state index in [1.54, 1.807) is 6.08 Å². The molecule has 3 aromatic rings. The number of rotatable bonds is 5. The van der Waals surface area contributed by atoms with Crippen LogP contribution in [0.1, 0.15) is 6.92 Å². The van der Waals surface area contributed by atoms with Crippen LogP contribution in [0.3, 0.4) is 0 Å². The van der Waals surface area contributed by atoms with Crippen LogP contribution in [-0.2, 0) is 9.53 Å². The lowest BCUT2D eigenvalue weighted by molar-refractivity contribution is -0.134. The number of hydrogen-bond acceptors (Lipinski definition) is 2. The van der Waals surface area contributed by atoms with Crippen molar-refractivity contribution in [3.8, 4) is 0 Å². The second-order valence-corrected chi connectivity index (χ2v) is 9.58. The summed E-state index contributed by atoms with van der Waals surface area (Å²) in [5.74, 6) is -0.324. The predicted molar refractivity (Wildman–Crippen MR) is 111 cm³/mol. The molecule has 0 aliphatic carbocycles.